The van der Waals surface area contributed by atoms with E-state index in [0.29, 0.717) is 0 Å². The molecule has 3 aromatic heterocycles. The van der Waals surface area contributed by atoms with Crippen LogP contribution in [0.25, 0.3) is 103 Å². The molecule has 13 rings (SSSR count). The predicted octanol–water partition coefficient (Wildman–Crippen LogP) is 17.0. The van der Waals surface area contributed by atoms with Gasteiger partial charge in [-0.25, -0.2) is 0 Å². The number of aromatic nitrogens is 1. The molecule has 0 unspecified atom stereocenters. The number of rotatable bonds is 6. The highest BCUT2D eigenvalue weighted by molar-refractivity contribution is 7.26. The lowest BCUT2D eigenvalue weighted by atomic mass is 9.98. The van der Waals surface area contributed by atoms with Gasteiger partial charge in [0.05, 0.1) is 22.1 Å². The van der Waals surface area contributed by atoms with Gasteiger partial charge in [0.1, 0.15) is 11.2 Å². The van der Waals surface area contributed by atoms with Crippen molar-refractivity contribution >= 4 is 103 Å². The number of hydrogen-bond donors (Lipinski definition) is 0. The van der Waals surface area contributed by atoms with E-state index in [2.05, 4.69) is 228 Å². The second-order valence-electron chi connectivity index (χ2n) is 16.0. The highest BCUT2D eigenvalue weighted by Gasteiger charge is 2.23. The Morgan fingerprint density at radius 1 is 0.419 bits per heavy atom. The molecule has 0 saturated heterocycles. The maximum Gasteiger partial charge on any atom is 0.145 e. The second kappa shape index (κ2) is 13.8. The molecule has 3 heterocycles. The van der Waals surface area contributed by atoms with E-state index in [1.54, 1.807) is 0 Å². The van der Waals surface area contributed by atoms with Gasteiger partial charge >= 0.3 is 0 Å². The fraction of sp³-hybridized carbons (Fsp3) is 0. The molecule has 0 atom stereocenters. The zero-order valence-corrected chi connectivity index (χ0v) is 34.3. The van der Waals surface area contributed by atoms with Crippen LogP contribution in [-0.4, -0.2) is 4.57 Å². The number of anilines is 3. The van der Waals surface area contributed by atoms with Crippen LogP contribution >= 0.6 is 11.3 Å². The normalized spacial score (nSPS) is 11.9. The van der Waals surface area contributed by atoms with E-state index < -0.39 is 0 Å². The fourth-order valence-corrected chi connectivity index (χ4v) is 11.0. The number of nitrogens with zero attached hydrogens (tertiary/aromatic N) is 2. The molecule has 0 aliphatic carbocycles. The Hall–Kier alpha value is -7.92. The van der Waals surface area contributed by atoms with Crippen molar-refractivity contribution in [1.82, 2.24) is 4.57 Å². The molecule has 290 valence electrons. The third kappa shape index (κ3) is 5.37. The zero-order valence-electron chi connectivity index (χ0n) is 33.5. The van der Waals surface area contributed by atoms with Crippen molar-refractivity contribution in [2.24, 2.45) is 0 Å². The van der Waals surface area contributed by atoms with Crippen LogP contribution in [0.3, 0.4) is 0 Å². The molecule has 0 aliphatic heterocycles. The van der Waals surface area contributed by atoms with E-state index in [9.17, 15) is 0 Å². The van der Waals surface area contributed by atoms with Gasteiger partial charge in [-0.15, -0.1) is 11.3 Å². The summed E-state index contributed by atoms with van der Waals surface area (Å²) in [7, 11) is 0. The maximum atomic E-state index is 6.95. The quantitative estimate of drug-likeness (QED) is 0.167. The van der Waals surface area contributed by atoms with Gasteiger partial charge in [0.25, 0.3) is 0 Å². The van der Waals surface area contributed by atoms with Gasteiger partial charge in [0, 0.05) is 59.0 Å². The lowest BCUT2D eigenvalue weighted by molar-refractivity contribution is 0.670. The number of fused-ring (bicyclic) bond motifs is 10. The fourth-order valence-electron chi connectivity index (χ4n) is 9.75. The van der Waals surface area contributed by atoms with Crippen LogP contribution in [0.2, 0.25) is 0 Å². The molecule has 0 N–H and O–H groups in total. The topological polar surface area (TPSA) is 21.3 Å². The largest absolute Gasteiger partial charge is 0.455 e. The summed E-state index contributed by atoms with van der Waals surface area (Å²) in [6, 6.07) is 79.1. The van der Waals surface area contributed by atoms with Crippen LogP contribution in [0.1, 0.15) is 0 Å². The number of para-hydroxylation sites is 3. The van der Waals surface area contributed by atoms with Crippen LogP contribution < -0.4 is 4.90 Å². The Morgan fingerprint density at radius 3 is 1.90 bits per heavy atom. The summed E-state index contributed by atoms with van der Waals surface area (Å²) >= 11 is 1.87. The lowest BCUT2D eigenvalue weighted by Crippen LogP contribution is -2.10. The number of hydrogen-bond acceptors (Lipinski definition) is 3. The first-order valence-electron chi connectivity index (χ1n) is 21.1. The molecule has 0 amide bonds. The molecule has 0 aliphatic rings. The first-order valence-corrected chi connectivity index (χ1v) is 21.9. The van der Waals surface area contributed by atoms with Crippen molar-refractivity contribution in [3.63, 3.8) is 0 Å². The van der Waals surface area contributed by atoms with Gasteiger partial charge in [0.2, 0.25) is 0 Å². The summed E-state index contributed by atoms with van der Waals surface area (Å²) in [6.45, 7) is 0. The number of furan rings is 1. The standard InChI is InChI=1S/C58H36N2OS/c1-2-14-39-35-43(32-27-37(39)13-1)59(41-30-28-38(29-31-41)45-21-12-22-49-48-19-6-10-26-55(48)62-58(45)49)53-34-33-44(57-56(53)50-20-5-9-25-54(50)61-57)40-15-11-16-42(36-40)60-51-23-7-3-17-46(51)47-18-4-8-24-52(47)60/h1-36H. The molecule has 0 bridgehead atoms. The van der Waals surface area contributed by atoms with E-state index in [1.165, 1.54) is 63.9 Å². The second-order valence-corrected chi connectivity index (χ2v) is 17.1. The molecule has 4 heteroatoms. The van der Waals surface area contributed by atoms with E-state index in [1.807, 2.05) is 11.3 Å². The molecule has 0 radical (unpaired) electrons. The summed E-state index contributed by atoms with van der Waals surface area (Å²) in [5, 5.41) is 9.67. The van der Waals surface area contributed by atoms with Crippen LogP contribution in [0.4, 0.5) is 17.1 Å². The van der Waals surface area contributed by atoms with E-state index >= 15 is 0 Å². The van der Waals surface area contributed by atoms with Crippen LogP contribution in [0.15, 0.2) is 223 Å². The molecule has 10 aromatic carbocycles. The molecule has 62 heavy (non-hydrogen) atoms. The summed E-state index contributed by atoms with van der Waals surface area (Å²) in [5.41, 5.74) is 13.0. The van der Waals surface area contributed by atoms with Gasteiger partial charge in [-0.3, -0.25) is 0 Å². The van der Waals surface area contributed by atoms with Crippen molar-refractivity contribution < 1.29 is 4.42 Å². The smallest absolute Gasteiger partial charge is 0.145 e. The molecule has 0 spiro atoms. The van der Waals surface area contributed by atoms with Crippen molar-refractivity contribution in [3.8, 4) is 27.9 Å². The molecule has 0 saturated carbocycles. The number of benzene rings is 10. The molecule has 13 aromatic rings. The lowest BCUT2D eigenvalue weighted by Gasteiger charge is -2.27. The highest BCUT2D eigenvalue weighted by Crippen LogP contribution is 2.48. The monoisotopic (exact) mass is 808 g/mol. The number of thiophene rings is 1. The van der Waals surface area contributed by atoms with Crippen LogP contribution in [0.5, 0.6) is 0 Å². The van der Waals surface area contributed by atoms with Gasteiger partial charge < -0.3 is 13.9 Å². The van der Waals surface area contributed by atoms with Crippen LogP contribution in [-0.2, 0) is 0 Å². The SMILES string of the molecule is c1cc(-c2ccc(N(c3ccc(-c4cccc5c4sc4ccccc45)cc3)c3ccc4ccccc4c3)c3c2oc2ccccc23)cc(-n2c3ccccc3c3ccccc32)c1. The van der Waals surface area contributed by atoms with E-state index in [0.717, 1.165) is 55.8 Å². The minimum absolute atomic E-state index is 0.861. The Bertz CT molecular complexity index is 3830. The van der Waals surface area contributed by atoms with Gasteiger partial charge in [-0.05, 0) is 100 Å². The van der Waals surface area contributed by atoms with Crippen LogP contribution in [0, 0.1) is 0 Å². The summed E-state index contributed by atoms with van der Waals surface area (Å²) in [6.07, 6.45) is 0. The average Bonchev–Trinajstić information content (AvgIpc) is 4.02. The molecular weight excluding hydrogens is 773 g/mol. The Balaban J connectivity index is 1.01. The Morgan fingerprint density at radius 2 is 1.08 bits per heavy atom. The first-order chi connectivity index (χ1) is 30.7. The summed E-state index contributed by atoms with van der Waals surface area (Å²) < 4.78 is 12.0. The minimum Gasteiger partial charge on any atom is -0.455 e. The summed E-state index contributed by atoms with van der Waals surface area (Å²) in [4.78, 5) is 2.40. The van der Waals surface area contributed by atoms with Gasteiger partial charge in [0.15, 0.2) is 0 Å². The predicted molar refractivity (Wildman–Crippen MR) is 264 cm³/mol. The van der Waals surface area contributed by atoms with Crippen molar-refractivity contribution in [2.75, 3.05) is 4.90 Å². The third-order valence-electron chi connectivity index (χ3n) is 12.6. The maximum absolute atomic E-state index is 6.95. The summed E-state index contributed by atoms with van der Waals surface area (Å²) in [5.74, 6) is 0. The molecule has 3 nitrogen and oxygen atoms in total. The molecule has 0 fully saturated rings. The van der Waals surface area contributed by atoms with E-state index in [-0.39, 0.29) is 0 Å². The van der Waals surface area contributed by atoms with Crippen molar-refractivity contribution in [3.05, 3.63) is 218 Å². The van der Waals surface area contributed by atoms with Crippen molar-refractivity contribution in [2.45, 2.75) is 0 Å². The Labute approximate surface area is 361 Å². The average molecular weight is 809 g/mol. The van der Waals surface area contributed by atoms with Crippen molar-refractivity contribution in [1.29, 1.82) is 0 Å². The molecular formula is C58H36N2OS. The minimum atomic E-state index is 0.861. The zero-order chi connectivity index (χ0) is 40.7. The highest BCUT2D eigenvalue weighted by atomic mass is 32.1. The first kappa shape index (κ1) is 34.9. The van der Waals surface area contributed by atoms with Gasteiger partial charge in [-0.2, -0.15) is 0 Å². The Kier molecular flexibility index (Phi) is 7.78. The van der Waals surface area contributed by atoms with E-state index in [4.69, 9.17) is 4.42 Å². The third-order valence-corrected chi connectivity index (χ3v) is 13.8. The van der Waals surface area contributed by atoms with Gasteiger partial charge in [-0.1, -0.05) is 146 Å².